The van der Waals surface area contributed by atoms with Crippen LogP contribution in [0.25, 0.3) is 0 Å². The zero-order valence-corrected chi connectivity index (χ0v) is 17.9. The normalized spacial score (nSPS) is 10.1. The van der Waals surface area contributed by atoms with Crippen LogP contribution in [0.4, 0.5) is 11.9 Å². The minimum Gasteiger partial charge on any atom is -0.459 e. The van der Waals surface area contributed by atoms with Gasteiger partial charge in [0, 0.05) is 0 Å². The van der Waals surface area contributed by atoms with Gasteiger partial charge >= 0.3 is 24.0 Å². The molecule has 0 atom stereocenters. The molecule has 12 nitrogen and oxygen atoms in total. The SMILES string of the molecule is C=CCOc1nc(NC(C)Nc2nc(OCC=C)nc(OCC=C)n2)nc(OCC=C)n1. The fourth-order valence-electron chi connectivity index (χ4n) is 2.02. The van der Waals surface area contributed by atoms with Gasteiger partial charge in [-0.2, -0.15) is 19.9 Å². The van der Waals surface area contributed by atoms with Gasteiger partial charge in [-0.05, 0) is 6.92 Å². The van der Waals surface area contributed by atoms with E-state index in [1.165, 1.54) is 0 Å². The Morgan fingerprint density at radius 3 is 1.12 bits per heavy atom. The second kappa shape index (κ2) is 13.2. The Balaban J connectivity index is 2.16. The van der Waals surface area contributed by atoms with E-state index in [-0.39, 0.29) is 62.4 Å². The van der Waals surface area contributed by atoms with Crippen LogP contribution in [0.1, 0.15) is 6.92 Å². The summed E-state index contributed by atoms with van der Waals surface area (Å²) in [4.78, 5) is 25.0. The highest BCUT2D eigenvalue weighted by atomic mass is 16.5. The molecule has 12 heteroatoms. The Morgan fingerprint density at radius 2 is 0.875 bits per heavy atom. The van der Waals surface area contributed by atoms with Gasteiger partial charge in [0.15, 0.2) is 0 Å². The highest BCUT2D eigenvalue weighted by molar-refractivity contribution is 5.35. The molecule has 2 heterocycles. The van der Waals surface area contributed by atoms with Crippen LogP contribution in [0.2, 0.25) is 0 Å². The Labute approximate surface area is 186 Å². The number of ether oxygens (including phenoxy) is 4. The quantitative estimate of drug-likeness (QED) is 0.291. The molecule has 0 fully saturated rings. The third-order valence-corrected chi connectivity index (χ3v) is 3.20. The minimum absolute atomic E-state index is 0.0778. The molecule has 0 aliphatic carbocycles. The standard InChI is InChI=1S/C20H26N8O4/c1-6-10-29-17-23-15(24-18(27-17)30-11-7-2)21-14(5)22-16-25-19(31-12-8-3)28-20(26-16)32-13-9-4/h6-9,14H,1-4,10-13H2,5H3,(H,21,23,24,27)(H,22,25,26,28). The maximum Gasteiger partial charge on any atom is 0.324 e. The summed E-state index contributed by atoms with van der Waals surface area (Å²) < 4.78 is 21.6. The third kappa shape index (κ3) is 8.26. The maximum absolute atomic E-state index is 5.39. The van der Waals surface area contributed by atoms with Crippen LogP contribution in [0.5, 0.6) is 24.0 Å². The van der Waals surface area contributed by atoms with Gasteiger partial charge in [0.25, 0.3) is 0 Å². The molecule has 0 aromatic carbocycles. The zero-order chi connectivity index (χ0) is 23.2. The molecule has 2 aromatic heterocycles. The largest absolute Gasteiger partial charge is 0.459 e. The van der Waals surface area contributed by atoms with E-state index in [1.54, 1.807) is 31.2 Å². The van der Waals surface area contributed by atoms with Gasteiger partial charge in [-0.25, -0.2) is 0 Å². The van der Waals surface area contributed by atoms with Crippen molar-refractivity contribution in [3.05, 3.63) is 50.6 Å². The Bertz CT molecular complexity index is 790. The Kier molecular flexibility index (Phi) is 9.89. The number of aromatic nitrogens is 6. The molecule has 0 radical (unpaired) electrons. The van der Waals surface area contributed by atoms with Crippen LogP contribution in [0.15, 0.2) is 50.6 Å². The van der Waals surface area contributed by atoms with Crippen molar-refractivity contribution >= 4 is 11.9 Å². The molecule has 0 spiro atoms. The van der Waals surface area contributed by atoms with Crippen molar-refractivity contribution in [2.75, 3.05) is 37.1 Å². The summed E-state index contributed by atoms with van der Waals surface area (Å²) >= 11 is 0. The van der Waals surface area contributed by atoms with Crippen molar-refractivity contribution in [2.24, 2.45) is 0 Å². The number of anilines is 2. The van der Waals surface area contributed by atoms with E-state index in [4.69, 9.17) is 18.9 Å². The van der Waals surface area contributed by atoms with Crippen molar-refractivity contribution < 1.29 is 18.9 Å². The van der Waals surface area contributed by atoms with Crippen LogP contribution >= 0.6 is 0 Å². The first-order valence-electron chi connectivity index (χ1n) is 9.58. The van der Waals surface area contributed by atoms with E-state index in [1.807, 2.05) is 0 Å². The van der Waals surface area contributed by atoms with Crippen molar-refractivity contribution in [2.45, 2.75) is 13.1 Å². The lowest BCUT2D eigenvalue weighted by atomic mass is 10.5. The molecule has 0 saturated heterocycles. The van der Waals surface area contributed by atoms with E-state index in [0.29, 0.717) is 0 Å². The molecule has 0 unspecified atom stereocenters. The van der Waals surface area contributed by atoms with Crippen LogP contribution in [0, 0.1) is 0 Å². The van der Waals surface area contributed by atoms with Gasteiger partial charge in [0.2, 0.25) is 11.9 Å². The summed E-state index contributed by atoms with van der Waals surface area (Å²) in [6.07, 6.45) is 5.86. The van der Waals surface area contributed by atoms with Gasteiger partial charge in [0.05, 0.1) is 6.17 Å². The number of rotatable bonds is 16. The number of hydrogen-bond acceptors (Lipinski definition) is 12. The van der Waals surface area contributed by atoms with Gasteiger partial charge in [-0.1, -0.05) is 50.6 Å². The molecule has 32 heavy (non-hydrogen) atoms. The van der Waals surface area contributed by atoms with E-state index >= 15 is 0 Å². The van der Waals surface area contributed by atoms with Gasteiger partial charge in [-0.3, -0.25) is 0 Å². The van der Waals surface area contributed by atoms with E-state index in [2.05, 4.69) is 66.9 Å². The molecule has 0 aliphatic rings. The maximum atomic E-state index is 5.39. The van der Waals surface area contributed by atoms with Crippen LogP contribution in [-0.4, -0.2) is 62.5 Å². The molecule has 0 bridgehead atoms. The van der Waals surface area contributed by atoms with Crippen molar-refractivity contribution in [3.63, 3.8) is 0 Å². The Hall–Kier alpha value is -4.22. The van der Waals surface area contributed by atoms with Gasteiger partial charge < -0.3 is 29.6 Å². The molecule has 2 aromatic rings. The highest BCUT2D eigenvalue weighted by Crippen LogP contribution is 2.16. The summed E-state index contributed by atoms with van der Waals surface area (Å²) in [5.74, 6) is 0.414. The van der Waals surface area contributed by atoms with Crippen LogP contribution in [-0.2, 0) is 0 Å². The number of nitrogens with zero attached hydrogens (tertiary/aromatic N) is 6. The fourth-order valence-corrected chi connectivity index (χ4v) is 2.02. The van der Waals surface area contributed by atoms with Crippen molar-refractivity contribution in [1.29, 1.82) is 0 Å². The van der Waals surface area contributed by atoms with Crippen LogP contribution in [0.3, 0.4) is 0 Å². The summed E-state index contributed by atoms with van der Waals surface area (Å²) in [6.45, 7) is 17.1. The topological polar surface area (TPSA) is 138 Å². The lowest BCUT2D eigenvalue weighted by Gasteiger charge is -2.17. The summed E-state index contributed by atoms with van der Waals surface area (Å²) in [7, 11) is 0. The lowest BCUT2D eigenvalue weighted by molar-refractivity contribution is 0.298. The second-order valence-corrected chi connectivity index (χ2v) is 5.86. The lowest BCUT2D eigenvalue weighted by Crippen LogP contribution is -2.27. The first-order chi connectivity index (χ1) is 15.6. The van der Waals surface area contributed by atoms with Gasteiger partial charge in [-0.15, -0.1) is 9.97 Å². The number of hydrogen-bond donors (Lipinski definition) is 2. The van der Waals surface area contributed by atoms with E-state index in [9.17, 15) is 0 Å². The first-order valence-corrected chi connectivity index (χ1v) is 9.58. The molecule has 170 valence electrons. The second-order valence-electron chi connectivity index (χ2n) is 5.86. The highest BCUT2D eigenvalue weighted by Gasteiger charge is 2.14. The molecule has 0 aliphatic heterocycles. The molecule has 0 amide bonds. The van der Waals surface area contributed by atoms with Crippen molar-refractivity contribution in [1.82, 2.24) is 29.9 Å². The fraction of sp³-hybridized carbons (Fsp3) is 0.300. The van der Waals surface area contributed by atoms with E-state index in [0.717, 1.165) is 0 Å². The van der Waals surface area contributed by atoms with Crippen LogP contribution < -0.4 is 29.6 Å². The first kappa shape index (κ1) is 24.1. The molecule has 2 rings (SSSR count). The van der Waals surface area contributed by atoms with Crippen molar-refractivity contribution in [3.8, 4) is 24.0 Å². The monoisotopic (exact) mass is 442 g/mol. The summed E-state index contributed by atoms with van der Waals surface area (Å²) in [5.41, 5.74) is 0. The average Bonchev–Trinajstić information content (AvgIpc) is 2.78. The zero-order valence-electron chi connectivity index (χ0n) is 17.9. The minimum atomic E-state index is -0.432. The predicted octanol–water partition coefficient (Wildman–Crippen LogP) is 2.19. The molecule has 0 saturated carbocycles. The molecular weight excluding hydrogens is 416 g/mol. The van der Waals surface area contributed by atoms with E-state index < -0.39 is 6.17 Å². The number of nitrogens with one attached hydrogen (secondary N) is 2. The summed E-state index contributed by atoms with van der Waals surface area (Å²) in [6, 6.07) is 0.311. The van der Waals surface area contributed by atoms with Gasteiger partial charge in [0.1, 0.15) is 26.4 Å². The Morgan fingerprint density at radius 1 is 0.594 bits per heavy atom. The molecular formula is C20H26N8O4. The predicted molar refractivity (Wildman–Crippen MR) is 119 cm³/mol. The molecule has 2 N–H and O–H groups in total. The third-order valence-electron chi connectivity index (χ3n) is 3.20. The summed E-state index contributed by atoms with van der Waals surface area (Å²) in [5, 5.41) is 6.10. The average molecular weight is 442 g/mol. The smallest absolute Gasteiger partial charge is 0.324 e.